The van der Waals surface area contributed by atoms with Crippen LogP contribution in [0.4, 0.5) is 32.3 Å². The normalized spacial score (nSPS) is 16.0. The van der Waals surface area contributed by atoms with Crippen molar-refractivity contribution < 1.29 is 13.5 Å². The van der Waals surface area contributed by atoms with E-state index in [1.807, 2.05) is 45.0 Å². The number of methoxy groups -OCH3 is 1. The van der Waals surface area contributed by atoms with Gasteiger partial charge in [-0.25, -0.2) is 18.7 Å². The molecule has 13 nitrogen and oxygen atoms in total. The minimum Gasteiger partial charge on any atom is -0.497 e. The summed E-state index contributed by atoms with van der Waals surface area (Å²) >= 11 is 0. The molecule has 0 spiro atoms. The number of ether oxygens (including phenoxy) is 1. The molecule has 302 valence electrons. The highest BCUT2D eigenvalue weighted by Gasteiger charge is 2.24. The zero-order valence-corrected chi connectivity index (χ0v) is 33.4. The van der Waals surface area contributed by atoms with Gasteiger partial charge in [0, 0.05) is 74.7 Å². The fraction of sp³-hybridized carbons (Fsp3) is 0.395. The molecule has 6 heterocycles. The molecule has 4 aromatic heterocycles. The van der Waals surface area contributed by atoms with E-state index in [0.717, 1.165) is 73.3 Å². The second-order valence-electron chi connectivity index (χ2n) is 15.7. The molecule has 0 aliphatic carbocycles. The maximum Gasteiger partial charge on any atom is 0.226 e. The van der Waals surface area contributed by atoms with Crippen molar-refractivity contribution in [3.63, 3.8) is 0 Å². The van der Waals surface area contributed by atoms with E-state index in [4.69, 9.17) is 26.2 Å². The van der Waals surface area contributed by atoms with E-state index in [1.54, 1.807) is 7.11 Å². The number of aromatic nitrogens is 6. The third-order valence-corrected chi connectivity index (χ3v) is 11.3. The molecule has 2 saturated heterocycles. The van der Waals surface area contributed by atoms with E-state index in [0.29, 0.717) is 64.6 Å². The maximum atomic E-state index is 15.6. The Morgan fingerprint density at radius 2 is 1.17 bits per heavy atom. The summed E-state index contributed by atoms with van der Waals surface area (Å²) in [4.78, 5) is 32.2. The van der Waals surface area contributed by atoms with Crippen molar-refractivity contribution in [2.45, 2.75) is 78.0 Å². The summed E-state index contributed by atoms with van der Waals surface area (Å²) in [5.74, 6) is 1.31. The van der Waals surface area contributed by atoms with Gasteiger partial charge in [-0.05, 0) is 105 Å². The molecular weight excluding hydrogens is 739 g/mol. The molecule has 0 saturated carbocycles. The van der Waals surface area contributed by atoms with Crippen molar-refractivity contribution in [2.24, 2.45) is 0 Å². The van der Waals surface area contributed by atoms with Crippen LogP contribution in [-0.2, 0) is 19.5 Å². The number of halogens is 2. The molecule has 0 bridgehead atoms. The lowest BCUT2D eigenvalue weighted by atomic mass is 10.0. The molecule has 2 aliphatic heterocycles. The van der Waals surface area contributed by atoms with E-state index in [9.17, 15) is 0 Å². The van der Waals surface area contributed by atoms with Gasteiger partial charge < -0.3 is 26.8 Å². The predicted molar refractivity (Wildman–Crippen MR) is 224 cm³/mol. The Labute approximate surface area is 336 Å². The van der Waals surface area contributed by atoms with Gasteiger partial charge in [0.15, 0.2) is 11.3 Å². The van der Waals surface area contributed by atoms with Crippen molar-refractivity contribution in [1.29, 1.82) is 0 Å². The van der Waals surface area contributed by atoms with Crippen molar-refractivity contribution in [2.75, 3.05) is 55.4 Å². The van der Waals surface area contributed by atoms with E-state index in [2.05, 4.69) is 52.5 Å². The van der Waals surface area contributed by atoms with Crippen molar-refractivity contribution >= 4 is 45.6 Å². The number of fused-ring (bicyclic) bond motifs is 2. The Bertz CT molecular complexity index is 2430. The molecular formula is C43H50F2N12O. The zero-order valence-electron chi connectivity index (χ0n) is 33.4. The minimum atomic E-state index is -0.570. The number of nitrogens with two attached hydrogens (primary N) is 2. The molecule has 15 heteroatoms. The van der Waals surface area contributed by atoms with Crippen molar-refractivity contribution in [3.05, 3.63) is 99.4 Å². The predicted octanol–water partition coefficient (Wildman–Crippen LogP) is 6.48. The van der Waals surface area contributed by atoms with Crippen molar-refractivity contribution in [3.8, 4) is 5.75 Å². The highest BCUT2D eigenvalue weighted by molar-refractivity contribution is 5.90. The third kappa shape index (κ3) is 8.70. The van der Waals surface area contributed by atoms with Crippen LogP contribution in [0.2, 0.25) is 0 Å². The molecule has 2 aliphatic rings. The zero-order chi connectivity index (χ0) is 40.5. The number of anilines is 4. The van der Waals surface area contributed by atoms with Crippen LogP contribution in [0.5, 0.6) is 5.75 Å². The summed E-state index contributed by atoms with van der Waals surface area (Å²) in [6.45, 7) is 10.1. The van der Waals surface area contributed by atoms with Gasteiger partial charge in [0.05, 0.1) is 17.9 Å². The number of nitrogens with one attached hydrogen (secondary N) is 2. The highest BCUT2D eigenvalue weighted by Crippen LogP contribution is 2.28. The first-order valence-corrected chi connectivity index (χ1v) is 19.9. The second-order valence-corrected chi connectivity index (χ2v) is 15.7. The third-order valence-electron chi connectivity index (χ3n) is 11.3. The maximum absolute atomic E-state index is 15.6. The van der Waals surface area contributed by atoms with Gasteiger partial charge in [-0.1, -0.05) is 12.1 Å². The van der Waals surface area contributed by atoms with Crippen LogP contribution in [0.25, 0.3) is 22.1 Å². The number of pyridine rings is 2. The SMILES string of the molecule is COc1ccc(CN2CCC(Nc3nc(N)c4c(C)cc(Cc5cc(F)c(CN6CCC(Nc7nc(N)c8c(C)cc(C)nc8n7)CC6)c(F)c5)nc4n3)CC2)cc1. The molecule has 0 atom stereocenters. The molecule has 0 unspecified atom stereocenters. The number of rotatable bonds is 11. The van der Waals surface area contributed by atoms with Crippen LogP contribution in [0.1, 0.15) is 64.9 Å². The van der Waals surface area contributed by atoms with Gasteiger partial charge in [-0.3, -0.25) is 9.80 Å². The van der Waals surface area contributed by atoms with Crippen LogP contribution >= 0.6 is 0 Å². The number of piperidine rings is 2. The van der Waals surface area contributed by atoms with E-state index in [1.165, 1.54) is 17.7 Å². The van der Waals surface area contributed by atoms with Gasteiger partial charge in [0.1, 0.15) is 29.0 Å². The molecule has 8 rings (SSSR count). The fourth-order valence-corrected chi connectivity index (χ4v) is 8.31. The lowest BCUT2D eigenvalue weighted by Crippen LogP contribution is -2.39. The Morgan fingerprint density at radius 1 is 0.655 bits per heavy atom. The first kappa shape index (κ1) is 39.0. The topological polar surface area (TPSA) is 169 Å². The van der Waals surface area contributed by atoms with Gasteiger partial charge in [0.25, 0.3) is 0 Å². The van der Waals surface area contributed by atoms with Crippen LogP contribution in [0.3, 0.4) is 0 Å². The minimum absolute atomic E-state index is 0.0584. The summed E-state index contributed by atoms with van der Waals surface area (Å²) in [6, 6.07) is 15.1. The average molecular weight is 789 g/mol. The molecule has 6 aromatic rings. The summed E-state index contributed by atoms with van der Waals surface area (Å²) in [5, 5.41) is 8.30. The molecule has 2 fully saturated rings. The summed E-state index contributed by atoms with van der Waals surface area (Å²) in [7, 11) is 1.67. The Hall–Kier alpha value is -5.80. The second kappa shape index (κ2) is 16.6. The Morgan fingerprint density at radius 3 is 1.72 bits per heavy atom. The Balaban J connectivity index is 0.873. The summed E-state index contributed by atoms with van der Waals surface area (Å²) in [6.07, 6.45) is 3.61. The molecule has 2 aromatic carbocycles. The van der Waals surface area contributed by atoms with E-state index < -0.39 is 11.6 Å². The van der Waals surface area contributed by atoms with E-state index >= 15 is 8.78 Å². The van der Waals surface area contributed by atoms with Crippen LogP contribution in [-0.4, -0.2) is 85.1 Å². The number of nitrogen functional groups attached to an aromatic ring is 2. The van der Waals surface area contributed by atoms with Crippen LogP contribution in [0.15, 0.2) is 48.5 Å². The summed E-state index contributed by atoms with van der Waals surface area (Å²) in [5.41, 5.74) is 18.9. The molecule has 6 N–H and O–H groups in total. The number of aryl methyl sites for hydroxylation is 3. The molecule has 58 heavy (non-hydrogen) atoms. The van der Waals surface area contributed by atoms with Gasteiger partial charge >= 0.3 is 0 Å². The largest absolute Gasteiger partial charge is 0.497 e. The quantitative estimate of drug-likeness (QED) is 0.113. The van der Waals surface area contributed by atoms with Crippen LogP contribution < -0.4 is 26.8 Å². The average Bonchev–Trinajstić information content (AvgIpc) is 3.17. The Kier molecular flexibility index (Phi) is 11.2. The summed E-state index contributed by atoms with van der Waals surface area (Å²) < 4.78 is 36.5. The smallest absolute Gasteiger partial charge is 0.226 e. The number of hydrogen-bond donors (Lipinski definition) is 4. The monoisotopic (exact) mass is 788 g/mol. The van der Waals surface area contributed by atoms with Gasteiger partial charge in [-0.15, -0.1) is 0 Å². The first-order valence-electron chi connectivity index (χ1n) is 19.9. The number of hydrogen-bond acceptors (Lipinski definition) is 13. The molecule has 0 radical (unpaired) electrons. The lowest BCUT2D eigenvalue weighted by Gasteiger charge is -2.32. The highest BCUT2D eigenvalue weighted by atomic mass is 19.1. The first-order chi connectivity index (χ1) is 28.0. The number of likely N-dealkylation sites (tertiary alicyclic amines) is 2. The van der Waals surface area contributed by atoms with Gasteiger partial charge in [0.2, 0.25) is 11.9 Å². The number of nitrogens with zero attached hydrogens (tertiary/aromatic N) is 8. The molecule has 0 amide bonds. The van der Waals surface area contributed by atoms with Crippen LogP contribution in [0, 0.1) is 32.4 Å². The number of benzene rings is 2. The lowest BCUT2D eigenvalue weighted by molar-refractivity contribution is 0.206. The van der Waals surface area contributed by atoms with Gasteiger partial charge in [-0.2, -0.15) is 19.9 Å². The van der Waals surface area contributed by atoms with Crippen molar-refractivity contribution in [1.82, 2.24) is 39.7 Å². The fourth-order valence-electron chi connectivity index (χ4n) is 8.31. The standard InChI is InChI=1S/C43H50F2N12O/c1-24-17-26(3)48-40-36(24)38(46)52-42(54-40)50-30-11-15-57(16-12-30)23-33-34(44)20-28(21-35(33)45)19-31-18-25(2)37-39(47)53-43(55-41(37)49-31)51-29-9-13-56(14-10-29)22-27-5-7-32(58-4)8-6-27/h5-8,17-18,20-21,29-30H,9-16,19,22-23H2,1-4H3,(H3,46,48,50,52,54)(H3,47,49,51,53,55). The van der Waals surface area contributed by atoms with E-state index in [-0.39, 0.29) is 30.6 Å².